The van der Waals surface area contributed by atoms with Crippen molar-refractivity contribution in [2.75, 3.05) is 5.43 Å². The fourth-order valence-corrected chi connectivity index (χ4v) is 3.39. The number of nitrogens with two attached hydrogens (primary N) is 1. The monoisotopic (exact) mass is 269 g/mol. The molecular weight excluding hydrogens is 250 g/mol. The molecule has 0 aromatic heterocycles. The van der Waals surface area contributed by atoms with E-state index in [1.165, 1.54) is 6.42 Å². The van der Waals surface area contributed by atoms with E-state index in [4.69, 9.17) is 5.84 Å². The first-order chi connectivity index (χ1) is 8.53. The van der Waals surface area contributed by atoms with Gasteiger partial charge in [0.1, 0.15) is 0 Å². The van der Waals surface area contributed by atoms with Crippen molar-refractivity contribution >= 4 is 15.7 Å². The number of hydrazine groups is 1. The molecule has 5 nitrogen and oxygen atoms in total. The smallest absolute Gasteiger partial charge is 0.240 e. The summed E-state index contributed by atoms with van der Waals surface area (Å²) < 4.78 is 27.0. The zero-order valence-electron chi connectivity index (χ0n) is 10.4. The minimum absolute atomic E-state index is 0.00365. The Morgan fingerprint density at radius 1 is 1.28 bits per heavy atom. The highest BCUT2D eigenvalue weighted by molar-refractivity contribution is 7.89. The van der Waals surface area contributed by atoms with Gasteiger partial charge in [0.2, 0.25) is 10.0 Å². The molecule has 1 fully saturated rings. The number of hydrogen-bond donors (Lipinski definition) is 3. The first-order valence-corrected chi connectivity index (χ1v) is 7.60. The van der Waals surface area contributed by atoms with Gasteiger partial charge in [-0.25, -0.2) is 13.1 Å². The molecule has 0 heterocycles. The molecule has 100 valence electrons. The molecule has 6 heteroatoms. The molecule has 1 aromatic carbocycles. The first kappa shape index (κ1) is 13.3. The predicted octanol–water partition coefficient (Wildman–Crippen LogP) is 1.44. The van der Waals surface area contributed by atoms with Crippen molar-refractivity contribution in [2.45, 2.75) is 37.1 Å². The third-order valence-electron chi connectivity index (χ3n) is 3.53. The van der Waals surface area contributed by atoms with Crippen LogP contribution in [0.5, 0.6) is 0 Å². The largest absolute Gasteiger partial charge is 0.324 e. The van der Waals surface area contributed by atoms with Crippen LogP contribution < -0.4 is 16.0 Å². The van der Waals surface area contributed by atoms with Gasteiger partial charge in [-0.05, 0) is 49.9 Å². The molecule has 1 aliphatic carbocycles. The number of anilines is 1. The normalized spacial score (nSPS) is 18.1. The molecule has 1 atom stereocenters. The molecule has 0 radical (unpaired) electrons. The van der Waals surface area contributed by atoms with Crippen LogP contribution in [0.1, 0.15) is 26.2 Å². The standard InChI is InChI=1S/C12H19N3O2S/c1-9(10-3-2-4-10)15-18(16,17)12-7-5-11(14-13)6-8-12/h5-10,14-15H,2-4,13H2,1H3. The third kappa shape index (κ3) is 2.82. The summed E-state index contributed by atoms with van der Waals surface area (Å²) in [6.45, 7) is 1.93. The molecule has 0 amide bonds. The van der Waals surface area contributed by atoms with Gasteiger partial charge < -0.3 is 5.43 Å². The Morgan fingerprint density at radius 3 is 2.33 bits per heavy atom. The van der Waals surface area contributed by atoms with Crippen molar-refractivity contribution in [3.63, 3.8) is 0 Å². The van der Waals surface area contributed by atoms with Crippen molar-refractivity contribution in [3.05, 3.63) is 24.3 Å². The van der Waals surface area contributed by atoms with Gasteiger partial charge in [0.05, 0.1) is 4.90 Å². The molecule has 18 heavy (non-hydrogen) atoms. The average molecular weight is 269 g/mol. The van der Waals surface area contributed by atoms with Crippen molar-refractivity contribution in [2.24, 2.45) is 11.8 Å². The van der Waals surface area contributed by atoms with Gasteiger partial charge in [0.25, 0.3) is 0 Å². The summed E-state index contributed by atoms with van der Waals surface area (Å²) in [5, 5.41) is 0. The number of sulfonamides is 1. The summed E-state index contributed by atoms with van der Waals surface area (Å²) in [6.07, 6.45) is 3.42. The maximum absolute atomic E-state index is 12.1. The van der Waals surface area contributed by atoms with E-state index in [1.807, 2.05) is 6.92 Å². The lowest BCUT2D eigenvalue weighted by molar-refractivity contribution is 0.260. The van der Waals surface area contributed by atoms with Crippen molar-refractivity contribution in [3.8, 4) is 0 Å². The molecule has 1 aliphatic rings. The predicted molar refractivity (Wildman–Crippen MR) is 71.4 cm³/mol. The third-order valence-corrected chi connectivity index (χ3v) is 5.10. The van der Waals surface area contributed by atoms with Gasteiger partial charge in [-0.15, -0.1) is 0 Å². The Balaban J connectivity index is 2.08. The summed E-state index contributed by atoms with van der Waals surface area (Å²) in [6, 6.07) is 6.37. The summed E-state index contributed by atoms with van der Waals surface area (Å²) >= 11 is 0. The minimum Gasteiger partial charge on any atom is -0.324 e. The van der Waals surface area contributed by atoms with E-state index < -0.39 is 10.0 Å². The van der Waals surface area contributed by atoms with E-state index in [1.54, 1.807) is 24.3 Å². The van der Waals surface area contributed by atoms with E-state index in [-0.39, 0.29) is 10.9 Å². The highest BCUT2D eigenvalue weighted by atomic mass is 32.2. The molecule has 0 aliphatic heterocycles. The molecule has 4 N–H and O–H groups in total. The second-order valence-corrected chi connectivity index (χ2v) is 6.48. The topological polar surface area (TPSA) is 84.2 Å². The van der Waals surface area contributed by atoms with E-state index in [9.17, 15) is 8.42 Å². The van der Waals surface area contributed by atoms with E-state index >= 15 is 0 Å². The van der Waals surface area contributed by atoms with Crippen LogP contribution in [0.4, 0.5) is 5.69 Å². The molecule has 1 aromatic rings. The van der Waals surface area contributed by atoms with Crippen LogP contribution in [-0.4, -0.2) is 14.5 Å². The van der Waals surface area contributed by atoms with Crippen LogP contribution in [0.25, 0.3) is 0 Å². The molecule has 0 bridgehead atoms. The van der Waals surface area contributed by atoms with Gasteiger partial charge in [-0.1, -0.05) is 6.42 Å². The second-order valence-electron chi connectivity index (χ2n) is 4.77. The number of rotatable bonds is 5. The molecule has 1 unspecified atom stereocenters. The van der Waals surface area contributed by atoms with Crippen LogP contribution in [0.2, 0.25) is 0 Å². The van der Waals surface area contributed by atoms with Crippen molar-refractivity contribution < 1.29 is 8.42 Å². The Bertz CT molecular complexity index is 495. The highest BCUT2D eigenvalue weighted by Crippen LogP contribution is 2.30. The van der Waals surface area contributed by atoms with Gasteiger partial charge in [0.15, 0.2) is 0 Å². The zero-order valence-corrected chi connectivity index (χ0v) is 11.2. The van der Waals surface area contributed by atoms with Crippen LogP contribution in [-0.2, 0) is 10.0 Å². The summed E-state index contributed by atoms with van der Waals surface area (Å²) in [5.74, 6) is 5.72. The zero-order chi connectivity index (χ0) is 13.2. The first-order valence-electron chi connectivity index (χ1n) is 6.12. The maximum atomic E-state index is 12.1. The summed E-state index contributed by atoms with van der Waals surface area (Å²) in [7, 11) is -3.42. The number of nitrogens with one attached hydrogen (secondary N) is 2. The molecular formula is C12H19N3O2S. The summed E-state index contributed by atoms with van der Waals surface area (Å²) in [4.78, 5) is 0.271. The lowest BCUT2D eigenvalue weighted by atomic mass is 9.81. The van der Waals surface area contributed by atoms with Gasteiger partial charge in [0, 0.05) is 11.7 Å². The second kappa shape index (κ2) is 5.26. The molecule has 2 rings (SSSR count). The summed E-state index contributed by atoms with van der Waals surface area (Å²) in [5.41, 5.74) is 3.15. The molecule has 0 spiro atoms. The van der Waals surface area contributed by atoms with E-state index in [2.05, 4.69) is 10.1 Å². The molecule has 0 saturated heterocycles. The van der Waals surface area contributed by atoms with Crippen molar-refractivity contribution in [1.82, 2.24) is 4.72 Å². The van der Waals surface area contributed by atoms with Gasteiger partial charge in [-0.3, -0.25) is 5.84 Å². The van der Waals surface area contributed by atoms with Gasteiger partial charge in [-0.2, -0.15) is 0 Å². The fraction of sp³-hybridized carbons (Fsp3) is 0.500. The van der Waals surface area contributed by atoms with Crippen LogP contribution in [0.15, 0.2) is 29.2 Å². The Labute approximate surface area is 108 Å². The highest BCUT2D eigenvalue weighted by Gasteiger charge is 2.27. The lowest BCUT2D eigenvalue weighted by Gasteiger charge is -2.31. The minimum atomic E-state index is -3.42. The van der Waals surface area contributed by atoms with Crippen molar-refractivity contribution in [1.29, 1.82) is 0 Å². The maximum Gasteiger partial charge on any atom is 0.240 e. The van der Waals surface area contributed by atoms with Crippen LogP contribution >= 0.6 is 0 Å². The lowest BCUT2D eigenvalue weighted by Crippen LogP contribution is -2.40. The number of benzene rings is 1. The van der Waals surface area contributed by atoms with Gasteiger partial charge >= 0.3 is 0 Å². The molecule has 1 saturated carbocycles. The van der Waals surface area contributed by atoms with Crippen LogP contribution in [0, 0.1) is 5.92 Å². The van der Waals surface area contributed by atoms with E-state index in [0.29, 0.717) is 11.6 Å². The Morgan fingerprint density at radius 2 is 1.89 bits per heavy atom. The SMILES string of the molecule is CC(NS(=O)(=O)c1ccc(NN)cc1)C1CCC1. The quantitative estimate of drug-likeness (QED) is 0.558. The van der Waals surface area contributed by atoms with E-state index in [0.717, 1.165) is 12.8 Å². The average Bonchev–Trinajstić information content (AvgIpc) is 2.26. The Kier molecular flexibility index (Phi) is 3.89. The Hall–Kier alpha value is -1.11. The van der Waals surface area contributed by atoms with Crippen LogP contribution in [0.3, 0.4) is 0 Å². The number of hydrogen-bond acceptors (Lipinski definition) is 4. The fourth-order valence-electron chi connectivity index (χ4n) is 2.08. The number of nitrogen functional groups attached to an aromatic ring is 1.